The lowest BCUT2D eigenvalue weighted by atomic mass is 9.81. The van der Waals surface area contributed by atoms with Crippen molar-refractivity contribution in [3.05, 3.63) is 71.0 Å². The van der Waals surface area contributed by atoms with Gasteiger partial charge >= 0.3 is 5.97 Å². The average molecular weight is 601 g/mol. The van der Waals surface area contributed by atoms with E-state index >= 15 is 0 Å². The summed E-state index contributed by atoms with van der Waals surface area (Å²) in [5.41, 5.74) is 1.51. The second-order valence-electron chi connectivity index (χ2n) is 11.2. The van der Waals surface area contributed by atoms with Gasteiger partial charge in [-0.2, -0.15) is 4.31 Å². The highest BCUT2D eigenvalue weighted by Crippen LogP contribution is 2.39. The zero-order valence-electron chi connectivity index (χ0n) is 24.8. The number of aromatic nitrogens is 3. The Bertz CT molecular complexity index is 1490. The van der Waals surface area contributed by atoms with E-state index in [0.717, 1.165) is 17.5 Å². The van der Waals surface area contributed by atoms with Crippen LogP contribution in [0.3, 0.4) is 0 Å². The number of aliphatic carboxylic acids is 1. The fourth-order valence-electron chi connectivity index (χ4n) is 4.82. The summed E-state index contributed by atoms with van der Waals surface area (Å²) in [4.78, 5) is 12.5. The van der Waals surface area contributed by atoms with Crippen molar-refractivity contribution in [3.63, 3.8) is 0 Å². The smallest absolute Gasteiger partial charge is 0.312 e. The Morgan fingerprint density at radius 2 is 1.98 bits per heavy atom. The van der Waals surface area contributed by atoms with Gasteiger partial charge in [0.25, 0.3) is 0 Å². The van der Waals surface area contributed by atoms with E-state index in [4.69, 9.17) is 14.2 Å². The van der Waals surface area contributed by atoms with Crippen LogP contribution in [0, 0.1) is 12.3 Å². The lowest BCUT2D eigenvalue weighted by Gasteiger charge is -2.31. The second kappa shape index (κ2) is 13.3. The monoisotopic (exact) mass is 600 g/mol. The molecule has 1 aliphatic rings. The molecule has 3 aromatic rings. The largest absolute Gasteiger partial charge is 0.488 e. The summed E-state index contributed by atoms with van der Waals surface area (Å²) in [5.74, 6) is -0.691. The first kappa shape index (κ1) is 31.6. The summed E-state index contributed by atoms with van der Waals surface area (Å²) in [6, 6.07) is 12.2. The number of sulfonamides is 1. The number of carbonyl (C=O) groups is 1. The molecule has 228 valence electrons. The molecule has 0 aliphatic carbocycles. The molecule has 42 heavy (non-hydrogen) atoms. The molecule has 2 aromatic carbocycles. The van der Waals surface area contributed by atoms with Crippen molar-refractivity contribution in [2.24, 2.45) is 5.41 Å². The maximum absolute atomic E-state index is 13.6. The normalized spacial score (nSPS) is 17.7. The highest BCUT2D eigenvalue weighted by atomic mass is 32.2. The molecule has 0 amide bonds. The average Bonchev–Trinajstić information content (AvgIpc) is 3.36. The fraction of sp³-hybridized carbons (Fsp3) is 0.500. The van der Waals surface area contributed by atoms with Gasteiger partial charge in [-0.25, -0.2) is 13.1 Å². The summed E-state index contributed by atoms with van der Waals surface area (Å²) < 4.78 is 48.0. The van der Waals surface area contributed by atoms with Crippen LogP contribution >= 0.6 is 0 Å². The third kappa shape index (κ3) is 7.17. The number of fused-ring (bicyclic) bond motifs is 1. The van der Waals surface area contributed by atoms with Crippen LogP contribution in [0.15, 0.2) is 53.6 Å². The molecule has 2 heterocycles. The van der Waals surface area contributed by atoms with E-state index in [9.17, 15) is 18.3 Å². The first-order valence-corrected chi connectivity index (χ1v) is 15.5. The van der Waals surface area contributed by atoms with E-state index in [2.05, 4.69) is 10.3 Å². The van der Waals surface area contributed by atoms with Crippen LogP contribution in [0.1, 0.15) is 62.6 Å². The summed E-state index contributed by atoms with van der Waals surface area (Å²) >= 11 is 0. The molecule has 4 rings (SSSR count). The van der Waals surface area contributed by atoms with Crippen molar-refractivity contribution in [2.45, 2.75) is 77.8 Å². The maximum Gasteiger partial charge on any atom is 0.312 e. The van der Waals surface area contributed by atoms with Crippen molar-refractivity contribution in [3.8, 4) is 5.75 Å². The van der Waals surface area contributed by atoms with Gasteiger partial charge in [0.1, 0.15) is 22.4 Å². The third-order valence-corrected chi connectivity index (χ3v) is 9.13. The topological polar surface area (TPSA) is 133 Å². The number of carboxylic acids is 1. The number of hydrogen-bond acceptors (Lipinski definition) is 8. The number of rotatable bonds is 13. The Hall–Kier alpha value is -3.32. The van der Waals surface area contributed by atoms with Gasteiger partial charge in [0.05, 0.1) is 44.0 Å². The van der Waals surface area contributed by atoms with Crippen molar-refractivity contribution in [2.75, 3.05) is 19.8 Å². The first-order chi connectivity index (χ1) is 19.9. The van der Waals surface area contributed by atoms with Crippen LogP contribution in [-0.2, 0) is 44.0 Å². The zero-order chi connectivity index (χ0) is 30.5. The highest BCUT2D eigenvalue weighted by molar-refractivity contribution is 7.89. The predicted molar refractivity (Wildman–Crippen MR) is 155 cm³/mol. The Morgan fingerprint density at radius 1 is 1.21 bits per heavy atom. The molecule has 1 aliphatic heterocycles. The number of para-hydroxylation sites is 1. The number of carboxylic acid groups (broad SMARTS) is 1. The van der Waals surface area contributed by atoms with Crippen LogP contribution in [0.4, 0.5) is 0 Å². The molecule has 12 heteroatoms. The van der Waals surface area contributed by atoms with E-state index in [-0.39, 0.29) is 30.7 Å². The molecular weight excluding hydrogens is 560 g/mol. The minimum atomic E-state index is -3.84. The standard InChI is InChI=1S/C30H40N4O7S/c1-6-14-39-15-13-33-19-25(31-32-33)20-40-28(30(4,5)29(35)36)23-12-11-21(2)24(16-23)18-34-17-22(3)41-26-9-7-8-10-27(26)42(34,37)38/h7-12,16,19,22,28H,6,13-15,17-18,20H2,1-5H3,(H,35,36)/t22-,28-/m1/s1. The van der Waals surface area contributed by atoms with Gasteiger partial charge in [0.15, 0.2) is 0 Å². The fourth-order valence-corrected chi connectivity index (χ4v) is 6.44. The van der Waals surface area contributed by atoms with Crippen LogP contribution < -0.4 is 4.74 Å². The number of hydrogen-bond donors (Lipinski definition) is 1. The highest BCUT2D eigenvalue weighted by Gasteiger charge is 2.40. The summed E-state index contributed by atoms with van der Waals surface area (Å²) in [6.07, 6.45) is 1.48. The molecule has 0 unspecified atom stereocenters. The van der Waals surface area contributed by atoms with Gasteiger partial charge in [-0.1, -0.05) is 42.5 Å². The molecule has 0 fully saturated rings. The third-order valence-electron chi connectivity index (χ3n) is 7.28. The van der Waals surface area contributed by atoms with Gasteiger partial charge in [0.2, 0.25) is 10.0 Å². The van der Waals surface area contributed by atoms with Crippen molar-refractivity contribution in [1.29, 1.82) is 0 Å². The van der Waals surface area contributed by atoms with Crippen LogP contribution in [-0.4, -0.2) is 64.7 Å². The number of aryl methyl sites for hydroxylation is 1. The molecule has 0 spiro atoms. The minimum Gasteiger partial charge on any atom is -0.488 e. The Kier molecular flexibility index (Phi) is 10.0. The number of ether oxygens (including phenoxy) is 3. The predicted octanol–water partition coefficient (Wildman–Crippen LogP) is 4.35. The Balaban J connectivity index is 1.58. The van der Waals surface area contributed by atoms with Gasteiger partial charge < -0.3 is 19.3 Å². The lowest BCUT2D eigenvalue weighted by Crippen LogP contribution is -2.36. The van der Waals surface area contributed by atoms with E-state index in [1.807, 2.05) is 39.0 Å². The van der Waals surface area contributed by atoms with Gasteiger partial charge in [0, 0.05) is 13.2 Å². The molecule has 0 saturated heterocycles. The molecule has 1 N–H and O–H groups in total. The minimum absolute atomic E-state index is 0.0482. The van der Waals surface area contributed by atoms with Gasteiger partial charge in [-0.3, -0.25) is 4.79 Å². The van der Waals surface area contributed by atoms with Crippen LogP contribution in [0.25, 0.3) is 0 Å². The Labute approximate surface area is 247 Å². The Morgan fingerprint density at radius 3 is 2.71 bits per heavy atom. The molecule has 0 radical (unpaired) electrons. The molecule has 11 nitrogen and oxygen atoms in total. The molecular formula is C30H40N4O7S. The number of benzene rings is 2. The lowest BCUT2D eigenvalue weighted by molar-refractivity contribution is -0.158. The van der Waals surface area contributed by atoms with Crippen molar-refractivity contribution in [1.82, 2.24) is 19.3 Å². The summed E-state index contributed by atoms with van der Waals surface area (Å²) in [5, 5.41) is 18.4. The van der Waals surface area contributed by atoms with Crippen LogP contribution in [0.2, 0.25) is 0 Å². The van der Waals surface area contributed by atoms with Gasteiger partial charge in [-0.15, -0.1) is 5.10 Å². The zero-order valence-corrected chi connectivity index (χ0v) is 25.6. The van der Waals surface area contributed by atoms with Crippen LogP contribution in [0.5, 0.6) is 5.75 Å². The van der Waals surface area contributed by atoms with E-state index in [0.29, 0.717) is 36.8 Å². The van der Waals surface area contributed by atoms with Gasteiger partial charge in [-0.05, 0) is 62.9 Å². The summed E-state index contributed by atoms with van der Waals surface area (Å²) in [7, 11) is -3.84. The van der Waals surface area contributed by atoms with E-state index < -0.39 is 27.5 Å². The first-order valence-electron chi connectivity index (χ1n) is 14.1. The molecule has 0 bridgehead atoms. The van der Waals surface area contributed by atoms with Crippen molar-refractivity contribution < 1.29 is 32.5 Å². The number of nitrogens with zero attached hydrogens (tertiary/aromatic N) is 4. The summed E-state index contributed by atoms with van der Waals surface area (Å²) in [6.45, 7) is 11.0. The van der Waals surface area contributed by atoms with E-state index in [1.165, 1.54) is 4.31 Å². The molecule has 2 atom stereocenters. The van der Waals surface area contributed by atoms with Crippen molar-refractivity contribution >= 4 is 16.0 Å². The SMILES string of the molecule is CCCOCCn1cc(CO[C@H](c2ccc(C)c(CN3C[C@@H](C)Oc4ccccc4S3(=O)=O)c2)C(C)(C)C(=O)O)nn1. The quantitative estimate of drug-likeness (QED) is 0.284. The molecule has 0 saturated carbocycles. The second-order valence-corrected chi connectivity index (χ2v) is 13.1. The van der Waals surface area contributed by atoms with E-state index in [1.54, 1.807) is 49.0 Å². The molecule has 1 aromatic heterocycles. The maximum atomic E-state index is 13.6.